The number of nitrogens with zero attached hydrogens (tertiary/aromatic N) is 3. The van der Waals surface area contributed by atoms with E-state index in [1.54, 1.807) is 0 Å². The average molecular weight is 677 g/mol. The molecule has 19 heteroatoms. The molecule has 1 amide bonds. The molecule has 2 N–H and O–H groups in total. The molecule has 3 aromatic rings. The number of Topliss-reactive ketones (excluding diaryl/α,β-unsaturated/α-hetero) is 1. The van der Waals surface area contributed by atoms with E-state index in [1.165, 1.54) is 24.3 Å². The molecule has 2 aromatic carbocycles. The molecular formula is C26H22ClF9N4O5. The zero-order valence-corrected chi connectivity index (χ0v) is 23.3. The summed E-state index contributed by atoms with van der Waals surface area (Å²) in [5.74, 6) is -4.26. The lowest BCUT2D eigenvalue weighted by atomic mass is 9.91. The van der Waals surface area contributed by atoms with Gasteiger partial charge in [0.2, 0.25) is 5.91 Å². The Labute approximate surface area is 252 Å². The van der Waals surface area contributed by atoms with Crippen LogP contribution in [0.15, 0.2) is 53.3 Å². The van der Waals surface area contributed by atoms with Crippen molar-refractivity contribution in [3.63, 3.8) is 0 Å². The summed E-state index contributed by atoms with van der Waals surface area (Å²) in [6.07, 6.45) is -18.9. The van der Waals surface area contributed by atoms with Gasteiger partial charge in [0.1, 0.15) is 6.54 Å². The predicted molar refractivity (Wildman–Crippen MR) is 138 cm³/mol. The maximum absolute atomic E-state index is 13.3. The van der Waals surface area contributed by atoms with Crippen molar-refractivity contribution < 1.29 is 58.9 Å². The van der Waals surface area contributed by atoms with Gasteiger partial charge in [-0.25, -0.2) is 9.48 Å². The minimum Gasteiger partial charge on any atom is -0.382 e. The first-order valence-corrected chi connectivity index (χ1v) is 13.0. The maximum Gasteiger partial charge on any atom is 0.522 e. The second kappa shape index (κ2) is 14.0. The number of ether oxygens (including phenoxy) is 1. The van der Waals surface area contributed by atoms with Gasteiger partial charge in [-0.15, -0.1) is 18.3 Å². The van der Waals surface area contributed by atoms with Crippen LogP contribution in [0.5, 0.6) is 0 Å². The Bertz CT molecular complexity index is 1550. The Kier molecular flexibility index (Phi) is 11.1. The highest BCUT2D eigenvalue weighted by Crippen LogP contribution is 2.32. The van der Waals surface area contributed by atoms with Crippen molar-refractivity contribution in [3.05, 3.63) is 75.2 Å². The van der Waals surface area contributed by atoms with Crippen LogP contribution >= 0.6 is 11.6 Å². The number of aliphatic hydroxyl groups is 1. The quantitative estimate of drug-likeness (QED) is 0.212. The summed E-state index contributed by atoms with van der Waals surface area (Å²) in [6, 6.07) is 8.48. The Hall–Kier alpha value is -3.90. The number of halogens is 10. The van der Waals surface area contributed by atoms with Crippen LogP contribution < -0.4 is 11.0 Å². The summed E-state index contributed by atoms with van der Waals surface area (Å²) in [5, 5.41) is 15.7. The molecule has 0 aliphatic heterocycles. The molecule has 0 fully saturated rings. The number of benzene rings is 2. The highest BCUT2D eigenvalue weighted by atomic mass is 35.5. The topological polar surface area (TPSA) is 115 Å². The van der Waals surface area contributed by atoms with Crippen LogP contribution in [-0.4, -0.2) is 62.9 Å². The number of alkyl halides is 9. The zero-order valence-electron chi connectivity index (χ0n) is 22.5. The summed E-state index contributed by atoms with van der Waals surface area (Å²) in [4.78, 5) is 38.9. The first-order valence-electron chi connectivity index (χ1n) is 12.6. The number of aromatic nitrogens is 3. The molecule has 3 rings (SSSR count). The molecule has 0 bridgehead atoms. The third-order valence-corrected chi connectivity index (χ3v) is 6.37. The van der Waals surface area contributed by atoms with Gasteiger partial charge in [-0.1, -0.05) is 29.8 Å². The molecular weight excluding hydrogens is 655 g/mol. The molecule has 1 unspecified atom stereocenters. The summed E-state index contributed by atoms with van der Waals surface area (Å²) >= 11 is 5.83. The molecule has 0 aliphatic rings. The van der Waals surface area contributed by atoms with Gasteiger partial charge < -0.3 is 10.4 Å². The Morgan fingerprint density at radius 1 is 1.00 bits per heavy atom. The van der Waals surface area contributed by atoms with Gasteiger partial charge in [0.05, 0.1) is 24.6 Å². The van der Waals surface area contributed by atoms with Gasteiger partial charge >= 0.3 is 24.4 Å². The fourth-order valence-corrected chi connectivity index (χ4v) is 4.14. The summed E-state index contributed by atoms with van der Waals surface area (Å²) in [5.41, 5.74) is -2.75. The van der Waals surface area contributed by atoms with Crippen molar-refractivity contribution in [2.24, 2.45) is 0 Å². The number of carbonyl (C=O) groups excluding carboxylic acids is 2. The molecule has 0 spiro atoms. The third kappa shape index (κ3) is 10.1. The van der Waals surface area contributed by atoms with Crippen LogP contribution in [0.1, 0.15) is 23.5 Å². The molecule has 1 heterocycles. The number of carbonyl (C=O) groups is 2. The number of hydrogen-bond donors (Lipinski definition) is 2. The van der Waals surface area contributed by atoms with Crippen LogP contribution in [0.2, 0.25) is 5.02 Å². The van der Waals surface area contributed by atoms with E-state index in [1.807, 2.05) is 5.32 Å². The molecule has 0 saturated heterocycles. The monoisotopic (exact) mass is 676 g/mol. The van der Waals surface area contributed by atoms with Crippen LogP contribution in [0.4, 0.5) is 39.5 Å². The van der Waals surface area contributed by atoms with Gasteiger partial charge in [0, 0.05) is 23.6 Å². The molecule has 0 saturated carbocycles. The lowest BCUT2D eigenvalue weighted by Gasteiger charge is -2.18. The van der Waals surface area contributed by atoms with Gasteiger partial charge in [0.25, 0.3) is 0 Å². The second-order valence-electron chi connectivity index (χ2n) is 9.44. The van der Waals surface area contributed by atoms with E-state index in [0.29, 0.717) is 21.4 Å². The maximum atomic E-state index is 13.3. The SMILES string of the molecule is O=C(CC(C(=O)NCCOC(F)(F)F)c1cccc(C(F)(F)F)c1)Cn1nc(-c2ccc(Cl)cc2)n(C[C@H](O)C(F)(F)F)c1=O. The first-order chi connectivity index (χ1) is 20.8. The van der Waals surface area contributed by atoms with Gasteiger partial charge in [-0.05, 0) is 35.9 Å². The van der Waals surface area contributed by atoms with E-state index < -0.39 is 92.2 Å². The van der Waals surface area contributed by atoms with Crippen molar-refractivity contribution >= 4 is 23.3 Å². The summed E-state index contributed by atoms with van der Waals surface area (Å²) in [7, 11) is 0. The van der Waals surface area contributed by atoms with E-state index in [-0.39, 0.29) is 16.1 Å². The molecule has 1 aromatic heterocycles. The minimum atomic E-state index is -5.13. The molecule has 0 aliphatic carbocycles. The highest BCUT2D eigenvalue weighted by molar-refractivity contribution is 6.30. The van der Waals surface area contributed by atoms with Crippen molar-refractivity contribution in [2.45, 2.75) is 50.2 Å². The number of nitrogens with one attached hydrogen (secondary N) is 1. The molecule has 45 heavy (non-hydrogen) atoms. The number of ketones is 1. The minimum absolute atomic E-state index is 0.0689. The fourth-order valence-electron chi connectivity index (χ4n) is 4.01. The average Bonchev–Trinajstić information content (AvgIpc) is 3.22. The Morgan fingerprint density at radius 2 is 1.64 bits per heavy atom. The standard InChI is InChI=1S/C26H22ClF9N4O5/c27-17-6-4-14(5-7-17)21-38-40(23(44)39(21)13-20(42)25(31,32)33)12-18(41)11-19(22(43)37-8-9-45-26(34,35)36)15-2-1-3-16(10-15)24(28,29)30/h1-7,10,19-20,42H,8-9,11-13H2,(H,37,43)/t19?,20-/m0/s1. The lowest BCUT2D eigenvalue weighted by Crippen LogP contribution is -2.38. The second-order valence-corrected chi connectivity index (χ2v) is 9.88. The lowest BCUT2D eigenvalue weighted by molar-refractivity contribution is -0.323. The van der Waals surface area contributed by atoms with Crippen LogP contribution in [-0.2, 0) is 33.6 Å². The van der Waals surface area contributed by atoms with E-state index in [2.05, 4.69) is 9.84 Å². The van der Waals surface area contributed by atoms with Gasteiger partial charge in [-0.3, -0.25) is 18.9 Å². The van der Waals surface area contributed by atoms with Crippen molar-refractivity contribution in [1.29, 1.82) is 0 Å². The van der Waals surface area contributed by atoms with Crippen LogP contribution in [0, 0.1) is 0 Å². The van der Waals surface area contributed by atoms with Crippen LogP contribution in [0.3, 0.4) is 0 Å². The molecule has 2 atom stereocenters. The van der Waals surface area contributed by atoms with Crippen molar-refractivity contribution in [1.82, 2.24) is 19.7 Å². The first kappa shape index (κ1) is 35.6. The van der Waals surface area contributed by atoms with Gasteiger partial charge in [-0.2, -0.15) is 26.3 Å². The normalized spacial score (nSPS) is 13.8. The predicted octanol–water partition coefficient (Wildman–Crippen LogP) is 4.70. The number of aliphatic hydroxyl groups excluding tert-OH is 1. The van der Waals surface area contributed by atoms with E-state index in [0.717, 1.165) is 12.1 Å². The van der Waals surface area contributed by atoms with Crippen molar-refractivity contribution in [2.75, 3.05) is 13.2 Å². The summed E-state index contributed by atoms with van der Waals surface area (Å²) < 4.78 is 120. The third-order valence-electron chi connectivity index (χ3n) is 6.12. The summed E-state index contributed by atoms with van der Waals surface area (Å²) in [6.45, 7) is -4.08. The molecule has 0 radical (unpaired) electrons. The Balaban J connectivity index is 1.92. The number of amides is 1. The Morgan fingerprint density at radius 3 is 2.22 bits per heavy atom. The van der Waals surface area contributed by atoms with E-state index in [4.69, 9.17) is 11.6 Å². The highest BCUT2D eigenvalue weighted by Gasteiger charge is 2.39. The smallest absolute Gasteiger partial charge is 0.382 e. The number of rotatable bonds is 12. The van der Waals surface area contributed by atoms with Crippen molar-refractivity contribution in [3.8, 4) is 11.4 Å². The molecule has 246 valence electrons. The fraction of sp³-hybridized carbons (Fsp3) is 0.385. The van der Waals surface area contributed by atoms with E-state index in [9.17, 15) is 59.0 Å². The largest absolute Gasteiger partial charge is 0.522 e. The number of hydrogen-bond acceptors (Lipinski definition) is 6. The van der Waals surface area contributed by atoms with Gasteiger partial charge in [0.15, 0.2) is 17.7 Å². The van der Waals surface area contributed by atoms with E-state index >= 15 is 0 Å². The molecule has 9 nitrogen and oxygen atoms in total. The van der Waals surface area contributed by atoms with Crippen LogP contribution in [0.25, 0.3) is 11.4 Å². The zero-order chi connectivity index (χ0) is 33.7.